The quantitative estimate of drug-likeness (QED) is 0.732. The van der Waals surface area contributed by atoms with Gasteiger partial charge in [0.2, 0.25) is 5.91 Å². The van der Waals surface area contributed by atoms with E-state index in [2.05, 4.69) is 10.6 Å². The molecule has 2 amide bonds. The van der Waals surface area contributed by atoms with E-state index in [-0.39, 0.29) is 43.3 Å². The summed E-state index contributed by atoms with van der Waals surface area (Å²) in [7, 11) is 0. The SMILES string of the molecule is O=C(CCNC(=O)c1ccoc1)NC1CCCCC1CO. The van der Waals surface area contributed by atoms with Gasteiger partial charge in [-0.2, -0.15) is 0 Å². The van der Waals surface area contributed by atoms with Gasteiger partial charge in [0.05, 0.1) is 11.8 Å². The summed E-state index contributed by atoms with van der Waals surface area (Å²) in [5.74, 6) is -0.182. The minimum Gasteiger partial charge on any atom is -0.472 e. The molecule has 6 heteroatoms. The summed E-state index contributed by atoms with van der Waals surface area (Å²) in [6.07, 6.45) is 7.09. The second-order valence-electron chi connectivity index (χ2n) is 5.42. The van der Waals surface area contributed by atoms with E-state index >= 15 is 0 Å². The molecule has 0 saturated heterocycles. The monoisotopic (exact) mass is 294 g/mol. The van der Waals surface area contributed by atoms with Crippen LogP contribution in [0.25, 0.3) is 0 Å². The van der Waals surface area contributed by atoms with Gasteiger partial charge >= 0.3 is 0 Å². The zero-order valence-electron chi connectivity index (χ0n) is 12.0. The van der Waals surface area contributed by atoms with Crippen LogP contribution in [0.4, 0.5) is 0 Å². The average Bonchev–Trinajstić information content (AvgIpc) is 3.02. The van der Waals surface area contributed by atoms with Crippen LogP contribution in [0, 0.1) is 5.92 Å². The number of amides is 2. The van der Waals surface area contributed by atoms with Crippen LogP contribution in [0.2, 0.25) is 0 Å². The Morgan fingerprint density at radius 2 is 2.14 bits per heavy atom. The highest BCUT2D eigenvalue weighted by Gasteiger charge is 2.25. The Morgan fingerprint density at radius 1 is 1.33 bits per heavy atom. The largest absolute Gasteiger partial charge is 0.472 e. The first-order valence-electron chi connectivity index (χ1n) is 7.41. The molecule has 0 bridgehead atoms. The molecule has 1 aromatic rings. The Balaban J connectivity index is 1.68. The van der Waals surface area contributed by atoms with Crippen LogP contribution in [0.1, 0.15) is 42.5 Å². The van der Waals surface area contributed by atoms with Crippen molar-refractivity contribution in [2.75, 3.05) is 13.2 Å². The zero-order chi connectivity index (χ0) is 15.1. The molecule has 0 aromatic carbocycles. The van der Waals surface area contributed by atoms with Gasteiger partial charge in [-0.25, -0.2) is 0 Å². The summed E-state index contributed by atoms with van der Waals surface area (Å²) in [6, 6.07) is 1.63. The molecule has 6 nitrogen and oxygen atoms in total. The first-order valence-corrected chi connectivity index (χ1v) is 7.41. The van der Waals surface area contributed by atoms with Gasteiger partial charge in [0, 0.05) is 31.5 Å². The maximum Gasteiger partial charge on any atom is 0.254 e. The second-order valence-corrected chi connectivity index (χ2v) is 5.42. The minimum atomic E-state index is -0.248. The predicted molar refractivity (Wildman–Crippen MR) is 76.6 cm³/mol. The lowest BCUT2D eigenvalue weighted by molar-refractivity contribution is -0.122. The maximum atomic E-state index is 11.9. The van der Waals surface area contributed by atoms with E-state index in [1.807, 2.05) is 0 Å². The van der Waals surface area contributed by atoms with Crippen molar-refractivity contribution in [3.63, 3.8) is 0 Å². The van der Waals surface area contributed by atoms with Gasteiger partial charge in [-0.15, -0.1) is 0 Å². The van der Waals surface area contributed by atoms with Crippen molar-refractivity contribution in [1.29, 1.82) is 0 Å². The fourth-order valence-electron chi connectivity index (χ4n) is 2.68. The molecule has 1 aromatic heterocycles. The van der Waals surface area contributed by atoms with Crippen molar-refractivity contribution in [3.8, 4) is 0 Å². The summed E-state index contributed by atoms with van der Waals surface area (Å²) < 4.78 is 4.82. The molecule has 0 aliphatic heterocycles. The van der Waals surface area contributed by atoms with Crippen LogP contribution < -0.4 is 10.6 Å². The van der Waals surface area contributed by atoms with Gasteiger partial charge in [0.15, 0.2) is 0 Å². The van der Waals surface area contributed by atoms with E-state index in [0.717, 1.165) is 25.7 Å². The number of carbonyl (C=O) groups is 2. The summed E-state index contributed by atoms with van der Waals surface area (Å²) in [4.78, 5) is 23.5. The highest BCUT2D eigenvalue weighted by molar-refractivity contribution is 5.94. The molecule has 0 spiro atoms. The zero-order valence-corrected chi connectivity index (χ0v) is 12.0. The number of furan rings is 1. The Bertz CT molecular complexity index is 458. The molecule has 2 rings (SSSR count). The second kappa shape index (κ2) is 7.83. The van der Waals surface area contributed by atoms with Gasteiger partial charge in [-0.1, -0.05) is 12.8 Å². The molecular formula is C15H22N2O4. The maximum absolute atomic E-state index is 11.9. The lowest BCUT2D eigenvalue weighted by Crippen LogP contribution is -2.44. The van der Waals surface area contributed by atoms with Crippen molar-refractivity contribution < 1.29 is 19.1 Å². The summed E-state index contributed by atoms with van der Waals surface area (Å²) in [5, 5.41) is 14.9. The van der Waals surface area contributed by atoms with Gasteiger partial charge in [0.1, 0.15) is 6.26 Å². The number of carbonyl (C=O) groups excluding carboxylic acids is 2. The van der Waals surface area contributed by atoms with Crippen LogP contribution in [0.5, 0.6) is 0 Å². The number of aliphatic hydroxyl groups is 1. The molecule has 0 radical (unpaired) electrons. The minimum absolute atomic E-state index is 0.0563. The van der Waals surface area contributed by atoms with Gasteiger partial charge in [-0.3, -0.25) is 9.59 Å². The summed E-state index contributed by atoms with van der Waals surface area (Å²) in [6.45, 7) is 0.397. The third-order valence-electron chi connectivity index (χ3n) is 3.91. The van der Waals surface area contributed by atoms with Crippen molar-refractivity contribution in [2.24, 2.45) is 5.92 Å². The molecule has 1 heterocycles. The van der Waals surface area contributed by atoms with E-state index in [1.54, 1.807) is 6.07 Å². The first kappa shape index (κ1) is 15.6. The number of aliphatic hydroxyl groups excluding tert-OH is 1. The highest BCUT2D eigenvalue weighted by atomic mass is 16.3. The van der Waals surface area contributed by atoms with Crippen LogP contribution in [-0.2, 0) is 4.79 Å². The molecule has 21 heavy (non-hydrogen) atoms. The van der Waals surface area contributed by atoms with Gasteiger partial charge in [-0.05, 0) is 18.9 Å². The van der Waals surface area contributed by atoms with E-state index in [9.17, 15) is 14.7 Å². The molecule has 2 unspecified atom stereocenters. The highest BCUT2D eigenvalue weighted by Crippen LogP contribution is 2.23. The molecule has 2 atom stereocenters. The van der Waals surface area contributed by atoms with E-state index < -0.39 is 0 Å². The number of nitrogens with one attached hydrogen (secondary N) is 2. The average molecular weight is 294 g/mol. The van der Waals surface area contributed by atoms with Crippen molar-refractivity contribution in [1.82, 2.24) is 10.6 Å². The molecular weight excluding hydrogens is 272 g/mol. The smallest absolute Gasteiger partial charge is 0.254 e. The Labute approximate surface area is 123 Å². The van der Waals surface area contributed by atoms with Crippen LogP contribution in [-0.4, -0.2) is 36.1 Å². The lowest BCUT2D eigenvalue weighted by Gasteiger charge is -2.30. The van der Waals surface area contributed by atoms with E-state index in [1.165, 1.54) is 12.5 Å². The first-order chi connectivity index (χ1) is 10.2. The van der Waals surface area contributed by atoms with Crippen molar-refractivity contribution >= 4 is 11.8 Å². The van der Waals surface area contributed by atoms with Gasteiger partial charge < -0.3 is 20.2 Å². The van der Waals surface area contributed by atoms with Crippen LogP contribution >= 0.6 is 0 Å². The molecule has 1 aliphatic carbocycles. The fourth-order valence-corrected chi connectivity index (χ4v) is 2.68. The Hall–Kier alpha value is -1.82. The lowest BCUT2D eigenvalue weighted by atomic mass is 9.85. The summed E-state index contributed by atoms with van der Waals surface area (Å²) >= 11 is 0. The van der Waals surface area contributed by atoms with E-state index in [4.69, 9.17) is 4.42 Å². The molecule has 1 aliphatic rings. The summed E-state index contributed by atoms with van der Waals surface area (Å²) in [5.41, 5.74) is 0.447. The third kappa shape index (κ3) is 4.60. The van der Waals surface area contributed by atoms with E-state index in [0.29, 0.717) is 5.56 Å². The third-order valence-corrected chi connectivity index (χ3v) is 3.91. The topological polar surface area (TPSA) is 91.6 Å². The van der Waals surface area contributed by atoms with Gasteiger partial charge in [0.25, 0.3) is 5.91 Å². The number of hydrogen-bond acceptors (Lipinski definition) is 4. The molecule has 3 N–H and O–H groups in total. The molecule has 116 valence electrons. The fraction of sp³-hybridized carbons (Fsp3) is 0.600. The number of rotatable bonds is 6. The van der Waals surface area contributed by atoms with Crippen molar-refractivity contribution in [2.45, 2.75) is 38.1 Å². The van der Waals surface area contributed by atoms with Crippen LogP contribution in [0.3, 0.4) is 0 Å². The van der Waals surface area contributed by atoms with Crippen molar-refractivity contribution in [3.05, 3.63) is 24.2 Å². The van der Waals surface area contributed by atoms with Crippen LogP contribution in [0.15, 0.2) is 23.0 Å². The Morgan fingerprint density at radius 3 is 2.86 bits per heavy atom. The predicted octanol–water partition coefficient (Wildman–Crippen LogP) is 1.07. The normalized spacial score (nSPS) is 21.8. The molecule has 1 saturated carbocycles. The molecule has 1 fully saturated rings. The Kier molecular flexibility index (Phi) is 5.80. The standard InChI is InChI=1S/C15H22N2O4/c18-9-11-3-1-2-4-13(11)17-14(19)5-7-16-15(20)12-6-8-21-10-12/h6,8,10-11,13,18H,1-5,7,9H2,(H,16,20)(H,17,19). The number of hydrogen-bond donors (Lipinski definition) is 3.